The number of carbonyl (C=O) groups excluding carboxylic acids is 2. The summed E-state index contributed by atoms with van der Waals surface area (Å²) in [6.07, 6.45) is 3.91. The number of nitrogens with zero attached hydrogens (tertiary/aromatic N) is 1. The zero-order chi connectivity index (χ0) is 14.7. The number of anilines is 1. The van der Waals surface area contributed by atoms with Crippen LogP contribution in [0.5, 0.6) is 0 Å². The van der Waals surface area contributed by atoms with E-state index in [1.807, 2.05) is 6.92 Å². The third-order valence-electron chi connectivity index (χ3n) is 3.20. The Labute approximate surface area is 116 Å². The van der Waals surface area contributed by atoms with E-state index in [0.717, 1.165) is 17.2 Å². The molecule has 5 nitrogen and oxygen atoms in total. The van der Waals surface area contributed by atoms with Crippen molar-refractivity contribution in [3.05, 3.63) is 35.4 Å². The summed E-state index contributed by atoms with van der Waals surface area (Å²) in [5, 5.41) is 8.61. The van der Waals surface area contributed by atoms with Gasteiger partial charge in [-0.2, -0.15) is 0 Å². The van der Waals surface area contributed by atoms with Crippen LogP contribution in [0.1, 0.15) is 30.4 Å². The summed E-state index contributed by atoms with van der Waals surface area (Å²) in [7, 11) is 0. The smallest absolute Gasteiger partial charge is 0.328 e. The first-order valence-electron chi connectivity index (χ1n) is 6.36. The third kappa shape index (κ3) is 2.93. The number of carbonyl (C=O) groups is 3. The lowest BCUT2D eigenvalue weighted by molar-refractivity contribution is -0.131. The van der Waals surface area contributed by atoms with Crippen molar-refractivity contribution in [3.8, 4) is 0 Å². The van der Waals surface area contributed by atoms with E-state index in [2.05, 4.69) is 0 Å². The zero-order valence-corrected chi connectivity index (χ0v) is 11.1. The summed E-state index contributed by atoms with van der Waals surface area (Å²) < 4.78 is 0. The lowest BCUT2D eigenvalue weighted by Gasteiger charge is -2.25. The van der Waals surface area contributed by atoms with Crippen LogP contribution in [0, 0.1) is 6.92 Å². The van der Waals surface area contributed by atoms with Gasteiger partial charge in [0.15, 0.2) is 0 Å². The van der Waals surface area contributed by atoms with Crippen LogP contribution < -0.4 is 4.90 Å². The standard InChI is InChI=1S/C15H15NO4/c1-10-9-12(7-5-11(10)6-8-15(19)20)16-13(17)3-2-4-14(16)18/h5-9H,2-4H2,1H3,(H,19,20). The summed E-state index contributed by atoms with van der Waals surface area (Å²) >= 11 is 0. The maximum absolute atomic E-state index is 11.8. The lowest BCUT2D eigenvalue weighted by atomic mass is 10.0. The molecule has 1 fully saturated rings. The van der Waals surface area contributed by atoms with Gasteiger partial charge in [-0.15, -0.1) is 0 Å². The fourth-order valence-electron chi connectivity index (χ4n) is 2.19. The second kappa shape index (κ2) is 5.69. The number of rotatable bonds is 3. The Balaban J connectivity index is 2.30. The number of hydrogen-bond donors (Lipinski definition) is 1. The maximum atomic E-state index is 11.8. The number of aryl methyl sites for hydroxylation is 1. The minimum absolute atomic E-state index is 0.186. The van der Waals surface area contributed by atoms with Gasteiger partial charge in [0.1, 0.15) is 0 Å². The van der Waals surface area contributed by atoms with Crippen molar-refractivity contribution < 1.29 is 19.5 Å². The van der Waals surface area contributed by atoms with Crippen LogP contribution >= 0.6 is 0 Å². The Morgan fingerprint density at radius 1 is 1.25 bits per heavy atom. The van der Waals surface area contributed by atoms with Gasteiger partial charge >= 0.3 is 5.97 Å². The Bertz CT molecular complexity index is 588. The number of amides is 2. The van der Waals surface area contributed by atoms with E-state index in [1.165, 1.54) is 11.0 Å². The first-order chi connectivity index (χ1) is 9.49. The van der Waals surface area contributed by atoms with Gasteiger partial charge in [0, 0.05) is 18.9 Å². The van der Waals surface area contributed by atoms with E-state index < -0.39 is 5.97 Å². The molecule has 0 spiro atoms. The summed E-state index contributed by atoms with van der Waals surface area (Å²) in [6.45, 7) is 1.81. The van der Waals surface area contributed by atoms with Crippen LogP contribution in [0.3, 0.4) is 0 Å². The van der Waals surface area contributed by atoms with Crippen molar-refractivity contribution >= 4 is 29.5 Å². The van der Waals surface area contributed by atoms with Crippen LogP contribution in [0.15, 0.2) is 24.3 Å². The lowest BCUT2D eigenvalue weighted by Crippen LogP contribution is -2.40. The predicted octanol–water partition coefficient (Wildman–Crippen LogP) is 2.14. The van der Waals surface area contributed by atoms with Gasteiger partial charge in [0.2, 0.25) is 11.8 Å². The van der Waals surface area contributed by atoms with Gasteiger partial charge in [0.25, 0.3) is 0 Å². The van der Waals surface area contributed by atoms with Crippen LogP contribution in [0.25, 0.3) is 6.08 Å². The average molecular weight is 273 g/mol. The first-order valence-corrected chi connectivity index (χ1v) is 6.36. The second-order valence-electron chi connectivity index (χ2n) is 4.69. The molecule has 0 aromatic heterocycles. The minimum atomic E-state index is -1.02. The Hall–Kier alpha value is -2.43. The van der Waals surface area contributed by atoms with Crippen LogP contribution in [0.4, 0.5) is 5.69 Å². The number of carboxylic acid groups (broad SMARTS) is 1. The van der Waals surface area contributed by atoms with E-state index >= 15 is 0 Å². The van der Waals surface area contributed by atoms with Crippen LogP contribution in [0.2, 0.25) is 0 Å². The molecule has 0 atom stereocenters. The van der Waals surface area contributed by atoms with Crippen LogP contribution in [-0.2, 0) is 14.4 Å². The molecule has 1 heterocycles. The van der Waals surface area contributed by atoms with Crippen molar-refractivity contribution in [2.24, 2.45) is 0 Å². The molecule has 0 bridgehead atoms. The highest BCUT2D eigenvalue weighted by Crippen LogP contribution is 2.24. The van der Waals surface area contributed by atoms with Gasteiger partial charge in [-0.05, 0) is 42.7 Å². The SMILES string of the molecule is Cc1cc(N2C(=O)CCCC2=O)ccc1C=CC(=O)O. The first kappa shape index (κ1) is 14.0. The fourth-order valence-corrected chi connectivity index (χ4v) is 2.19. The molecule has 0 aliphatic carbocycles. The van der Waals surface area contributed by atoms with Crippen molar-refractivity contribution in [1.29, 1.82) is 0 Å². The molecule has 2 amide bonds. The summed E-state index contributed by atoms with van der Waals surface area (Å²) in [4.78, 5) is 35.4. The number of hydrogen-bond acceptors (Lipinski definition) is 3. The number of carboxylic acids is 1. The third-order valence-corrected chi connectivity index (χ3v) is 3.20. The number of piperidine rings is 1. The summed E-state index contributed by atoms with van der Waals surface area (Å²) in [6, 6.07) is 5.09. The summed E-state index contributed by atoms with van der Waals surface area (Å²) in [5.74, 6) is -1.39. The largest absolute Gasteiger partial charge is 0.478 e. The second-order valence-corrected chi connectivity index (χ2v) is 4.69. The molecular formula is C15H15NO4. The Kier molecular flexibility index (Phi) is 3.98. The van der Waals surface area contributed by atoms with Gasteiger partial charge in [-0.25, -0.2) is 4.79 Å². The molecule has 0 unspecified atom stereocenters. The number of benzene rings is 1. The molecule has 1 aliphatic heterocycles. The minimum Gasteiger partial charge on any atom is -0.478 e. The molecule has 1 saturated heterocycles. The molecule has 1 aliphatic rings. The molecule has 0 saturated carbocycles. The molecular weight excluding hydrogens is 258 g/mol. The topological polar surface area (TPSA) is 74.7 Å². The highest BCUT2D eigenvalue weighted by molar-refractivity contribution is 6.16. The molecule has 104 valence electrons. The zero-order valence-electron chi connectivity index (χ0n) is 11.1. The van der Waals surface area contributed by atoms with Crippen molar-refractivity contribution in [2.75, 3.05) is 4.90 Å². The van der Waals surface area contributed by atoms with Gasteiger partial charge in [-0.1, -0.05) is 6.07 Å². The fraction of sp³-hybridized carbons (Fsp3) is 0.267. The van der Waals surface area contributed by atoms with Crippen molar-refractivity contribution in [2.45, 2.75) is 26.2 Å². The summed E-state index contributed by atoms with van der Waals surface area (Å²) in [5.41, 5.74) is 2.10. The molecule has 1 N–H and O–H groups in total. The molecule has 2 rings (SSSR count). The number of aliphatic carboxylic acids is 1. The molecule has 20 heavy (non-hydrogen) atoms. The molecule has 1 aromatic carbocycles. The maximum Gasteiger partial charge on any atom is 0.328 e. The van der Waals surface area contributed by atoms with E-state index in [4.69, 9.17) is 5.11 Å². The highest BCUT2D eigenvalue weighted by Gasteiger charge is 2.27. The normalized spacial score (nSPS) is 15.9. The van der Waals surface area contributed by atoms with E-state index in [9.17, 15) is 14.4 Å². The Morgan fingerprint density at radius 2 is 1.90 bits per heavy atom. The average Bonchev–Trinajstić information content (AvgIpc) is 2.37. The van der Waals surface area contributed by atoms with E-state index in [-0.39, 0.29) is 11.8 Å². The quantitative estimate of drug-likeness (QED) is 0.676. The Morgan fingerprint density at radius 3 is 2.45 bits per heavy atom. The predicted molar refractivity (Wildman–Crippen MR) is 74.2 cm³/mol. The van der Waals surface area contributed by atoms with Gasteiger partial charge in [0.05, 0.1) is 5.69 Å². The highest BCUT2D eigenvalue weighted by atomic mass is 16.4. The van der Waals surface area contributed by atoms with E-state index in [0.29, 0.717) is 24.9 Å². The van der Waals surface area contributed by atoms with Crippen molar-refractivity contribution in [3.63, 3.8) is 0 Å². The van der Waals surface area contributed by atoms with Gasteiger partial charge in [-0.3, -0.25) is 14.5 Å². The molecule has 0 radical (unpaired) electrons. The van der Waals surface area contributed by atoms with Gasteiger partial charge < -0.3 is 5.11 Å². The molecule has 1 aromatic rings. The van der Waals surface area contributed by atoms with E-state index in [1.54, 1.807) is 18.2 Å². The monoisotopic (exact) mass is 273 g/mol. The number of imide groups is 1. The van der Waals surface area contributed by atoms with Crippen molar-refractivity contribution in [1.82, 2.24) is 0 Å². The van der Waals surface area contributed by atoms with Crippen LogP contribution in [-0.4, -0.2) is 22.9 Å². The molecule has 5 heteroatoms.